The minimum atomic E-state index is -3.43. The highest BCUT2D eigenvalue weighted by Gasteiger charge is 2.27. The van der Waals surface area contributed by atoms with Crippen molar-refractivity contribution in [3.63, 3.8) is 0 Å². The molecule has 0 fully saturated rings. The van der Waals surface area contributed by atoms with E-state index in [0.29, 0.717) is 12.2 Å². The molecule has 0 atom stereocenters. The molecule has 1 aliphatic rings. The van der Waals surface area contributed by atoms with Crippen molar-refractivity contribution in [2.24, 2.45) is 0 Å². The summed E-state index contributed by atoms with van der Waals surface area (Å²) in [6.45, 7) is 1.33. The van der Waals surface area contributed by atoms with Crippen molar-refractivity contribution in [1.29, 1.82) is 0 Å². The number of methoxy groups -OCH3 is 1. The monoisotopic (exact) mass is 353 g/mol. The SMILES string of the molecule is CNCCCCCCOC(=O)c1ccc2c(c1OC)C=CS2(=O)=O. The van der Waals surface area contributed by atoms with Crippen molar-refractivity contribution >= 4 is 21.9 Å². The maximum atomic E-state index is 12.2. The summed E-state index contributed by atoms with van der Waals surface area (Å²) in [5.74, 6) is -0.258. The summed E-state index contributed by atoms with van der Waals surface area (Å²) in [5, 5.41) is 4.20. The lowest BCUT2D eigenvalue weighted by atomic mass is 10.1. The van der Waals surface area contributed by atoms with Gasteiger partial charge in [-0.1, -0.05) is 12.8 Å². The quantitative estimate of drug-likeness (QED) is 0.542. The van der Waals surface area contributed by atoms with E-state index in [1.807, 2.05) is 7.05 Å². The average molecular weight is 353 g/mol. The summed E-state index contributed by atoms with van der Waals surface area (Å²) in [4.78, 5) is 12.4. The van der Waals surface area contributed by atoms with Gasteiger partial charge in [0.2, 0.25) is 9.84 Å². The van der Waals surface area contributed by atoms with Crippen LogP contribution in [0, 0.1) is 0 Å². The number of hydrogen-bond acceptors (Lipinski definition) is 6. The Morgan fingerprint density at radius 2 is 1.92 bits per heavy atom. The molecule has 0 saturated heterocycles. The molecule has 0 unspecified atom stereocenters. The number of hydrogen-bond donors (Lipinski definition) is 1. The second-order valence-electron chi connectivity index (χ2n) is 5.56. The number of fused-ring (bicyclic) bond motifs is 1. The third-order valence-electron chi connectivity index (χ3n) is 3.85. The topological polar surface area (TPSA) is 81.7 Å². The molecule has 1 aliphatic heterocycles. The molecule has 1 N–H and O–H groups in total. The molecule has 6 nitrogen and oxygen atoms in total. The van der Waals surface area contributed by atoms with E-state index < -0.39 is 15.8 Å². The Hall–Kier alpha value is -1.86. The first-order valence-corrected chi connectivity index (χ1v) is 9.52. The zero-order valence-electron chi connectivity index (χ0n) is 14.0. The zero-order chi connectivity index (χ0) is 17.6. The molecule has 1 aromatic carbocycles. The van der Waals surface area contributed by atoms with Gasteiger partial charge < -0.3 is 14.8 Å². The number of esters is 1. The van der Waals surface area contributed by atoms with Crippen molar-refractivity contribution in [3.8, 4) is 5.75 Å². The fraction of sp³-hybridized carbons (Fsp3) is 0.471. The van der Waals surface area contributed by atoms with Crippen LogP contribution in [-0.4, -0.2) is 41.7 Å². The molecule has 1 aromatic rings. The zero-order valence-corrected chi connectivity index (χ0v) is 14.8. The fourth-order valence-electron chi connectivity index (χ4n) is 2.60. The number of nitrogens with one attached hydrogen (secondary N) is 1. The highest BCUT2D eigenvalue weighted by Crippen LogP contribution is 2.36. The van der Waals surface area contributed by atoms with Crippen LogP contribution in [0.2, 0.25) is 0 Å². The maximum Gasteiger partial charge on any atom is 0.341 e. The van der Waals surface area contributed by atoms with Crippen LogP contribution in [0.3, 0.4) is 0 Å². The normalized spacial score (nSPS) is 14.4. The van der Waals surface area contributed by atoms with Crippen molar-refractivity contribution in [3.05, 3.63) is 28.7 Å². The number of sulfone groups is 1. The number of carbonyl (C=O) groups is 1. The van der Waals surface area contributed by atoms with Crippen LogP contribution in [0.5, 0.6) is 5.75 Å². The second-order valence-corrected chi connectivity index (χ2v) is 7.36. The third-order valence-corrected chi connectivity index (χ3v) is 5.32. The van der Waals surface area contributed by atoms with Gasteiger partial charge in [-0.3, -0.25) is 0 Å². The van der Waals surface area contributed by atoms with E-state index in [2.05, 4.69) is 5.32 Å². The van der Waals surface area contributed by atoms with Crippen molar-refractivity contribution in [2.45, 2.75) is 30.6 Å². The maximum absolute atomic E-state index is 12.2. The molecule has 132 valence electrons. The molecule has 1 heterocycles. The Bertz CT molecular complexity index is 725. The van der Waals surface area contributed by atoms with Gasteiger partial charge >= 0.3 is 5.97 Å². The van der Waals surface area contributed by atoms with Crippen molar-refractivity contribution in [1.82, 2.24) is 5.32 Å². The Balaban J connectivity index is 1.97. The summed E-state index contributed by atoms with van der Waals surface area (Å²) in [5.41, 5.74) is 0.646. The van der Waals surface area contributed by atoms with Crippen LogP contribution < -0.4 is 10.1 Å². The van der Waals surface area contributed by atoms with Crippen molar-refractivity contribution in [2.75, 3.05) is 27.3 Å². The highest BCUT2D eigenvalue weighted by molar-refractivity contribution is 7.94. The van der Waals surface area contributed by atoms with Gasteiger partial charge in [0.15, 0.2) is 0 Å². The van der Waals surface area contributed by atoms with Gasteiger partial charge in [0, 0.05) is 11.0 Å². The molecule has 0 amide bonds. The van der Waals surface area contributed by atoms with E-state index >= 15 is 0 Å². The Kier molecular flexibility index (Phi) is 6.39. The summed E-state index contributed by atoms with van der Waals surface area (Å²) in [6, 6.07) is 2.86. The van der Waals surface area contributed by atoms with E-state index in [4.69, 9.17) is 9.47 Å². The van der Waals surface area contributed by atoms with E-state index in [1.54, 1.807) is 0 Å². The smallest absolute Gasteiger partial charge is 0.341 e. The molecule has 0 radical (unpaired) electrons. The molecule has 0 aliphatic carbocycles. The lowest BCUT2D eigenvalue weighted by Gasteiger charge is -2.12. The number of benzene rings is 1. The van der Waals surface area contributed by atoms with Gasteiger partial charge in [-0.2, -0.15) is 0 Å². The van der Waals surface area contributed by atoms with E-state index in [0.717, 1.165) is 37.6 Å². The van der Waals surface area contributed by atoms with E-state index in [1.165, 1.54) is 25.3 Å². The van der Waals surface area contributed by atoms with Gasteiger partial charge in [-0.05, 0) is 44.6 Å². The number of carbonyl (C=O) groups excluding carboxylic acids is 1. The van der Waals surface area contributed by atoms with E-state index in [-0.39, 0.29) is 16.2 Å². The first kappa shape index (κ1) is 18.5. The molecule has 2 rings (SSSR count). The van der Waals surface area contributed by atoms with Gasteiger partial charge in [0.05, 0.1) is 18.6 Å². The average Bonchev–Trinajstić information content (AvgIpc) is 2.88. The Morgan fingerprint density at radius 1 is 1.17 bits per heavy atom. The Morgan fingerprint density at radius 3 is 2.62 bits per heavy atom. The predicted molar refractivity (Wildman–Crippen MR) is 91.9 cm³/mol. The third kappa shape index (κ3) is 4.15. The van der Waals surface area contributed by atoms with Gasteiger partial charge in [-0.15, -0.1) is 0 Å². The van der Waals surface area contributed by atoms with Gasteiger partial charge in [0.25, 0.3) is 0 Å². The second kappa shape index (κ2) is 8.30. The first-order valence-electron chi connectivity index (χ1n) is 7.97. The first-order chi connectivity index (χ1) is 11.5. The van der Waals surface area contributed by atoms with Gasteiger partial charge in [0.1, 0.15) is 11.3 Å². The fourth-order valence-corrected chi connectivity index (χ4v) is 3.79. The molecule has 24 heavy (non-hydrogen) atoms. The predicted octanol–water partition coefficient (Wildman–Crippen LogP) is 2.39. The summed E-state index contributed by atoms with van der Waals surface area (Å²) in [7, 11) is -0.0980. The van der Waals surface area contributed by atoms with Crippen LogP contribution in [0.25, 0.3) is 6.08 Å². The molecule has 0 bridgehead atoms. The lowest BCUT2D eigenvalue weighted by molar-refractivity contribution is 0.0494. The van der Waals surface area contributed by atoms with Crippen LogP contribution in [0.15, 0.2) is 22.4 Å². The molecular formula is C17H23NO5S. The van der Waals surface area contributed by atoms with Crippen LogP contribution in [-0.2, 0) is 14.6 Å². The Labute approximate surface area is 142 Å². The van der Waals surface area contributed by atoms with Crippen LogP contribution in [0.4, 0.5) is 0 Å². The van der Waals surface area contributed by atoms with Crippen LogP contribution in [0.1, 0.15) is 41.6 Å². The number of rotatable bonds is 9. The van der Waals surface area contributed by atoms with Gasteiger partial charge in [-0.25, -0.2) is 13.2 Å². The molecule has 0 aromatic heterocycles. The minimum Gasteiger partial charge on any atom is -0.495 e. The molecule has 7 heteroatoms. The van der Waals surface area contributed by atoms with E-state index in [9.17, 15) is 13.2 Å². The standard InChI is InChI=1S/C17H23NO5S/c1-18-10-5-3-4-6-11-23-17(19)14-7-8-15-13(16(14)22-2)9-12-24(15,20)21/h7-9,12,18H,3-6,10-11H2,1-2H3. The number of ether oxygens (including phenoxy) is 2. The lowest BCUT2D eigenvalue weighted by Crippen LogP contribution is -2.10. The van der Waals surface area contributed by atoms with Crippen LogP contribution >= 0.6 is 0 Å². The summed E-state index contributed by atoms with van der Waals surface area (Å²) < 4.78 is 34.2. The largest absolute Gasteiger partial charge is 0.495 e. The van der Waals surface area contributed by atoms with Crippen molar-refractivity contribution < 1.29 is 22.7 Å². The summed E-state index contributed by atoms with van der Waals surface area (Å²) in [6.07, 6.45) is 5.43. The number of unbranched alkanes of at least 4 members (excludes halogenated alkanes) is 3. The summed E-state index contributed by atoms with van der Waals surface area (Å²) >= 11 is 0. The molecule has 0 spiro atoms. The minimum absolute atomic E-state index is 0.153. The molecule has 0 saturated carbocycles. The molecular weight excluding hydrogens is 330 g/mol. The highest BCUT2D eigenvalue weighted by atomic mass is 32.2.